The van der Waals surface area contributed by atoms with Gasteiger partial charge in [0, 0.05) is 11.6 Å². The van der Waals surface area contributed by atoms with Crippen molar-refractivity contribution in [1.29, 1.82) is 0 Å². The first kappa shape index (κ1) is 13.7. The van der Waals surface area contributed by atoms with Gasteiger partial charge in [-0.2, -0.15) is 0 Å². The van der Waals surface area contributed by atoms with Crippen LogP contribution in [0.25, 0.3) is 0 Å². The molecular formula is C14H15FN2OS. The van der Waals surface area contributed by atoms with Gasteiger partial charge < -0.3 is 5.32 Å². The second-order valence-electron chi connectivity index (χ2n) is 4.78. The predicted molar refractivity (Wildman–Crippen MR) is 73.4 cm³/mol. The minimum absolute atomic E-state index is 0.0292. The van der Waals surface area contributed by atoms with Crippen molar-refractivity contribution in [2.75, 3.05) is 0 Å². The number of aromatic nitrogens is 1. The Balaban J connectivity index is 2.04. The Morgan fingerprint density at radius 2 is 2.16 bits per heavy atom. The van der Waals surface area contributed by atoms with Gasteiger partial charge in [0.25, 0.3) is 0 Å². The zero-order chi connectivity index (χ0) is 13.9. The van der Waals surface area contributed by atoms with E-state index >= 15 is 0 Å². The van der Waals surface area contributed by atoms with Crippen molar-refractivity contribution in [1.82, 2.24) is 10.3 Å². The van der Waals surface area contributed by atoms with Crippen molar-refractivity contribution < 1.29 is 9.18 Å². The van der Waals surface area contributed by atoms with Gasteiger partial charge in [-0.1, -0.05) is 18.2 Å². The highest BCUT2D eigenvalue weighted by Gasteiger charge is 2.25. The van der Waals surface area contributed by atoms with Crippen LogP contribution in [-0.2, 0) is 16.8 Å². The van der Waals surface area contributed by atoms with Crippen LogP contribution in [0.2, 0.25) is 0 Å². The summed E-state index contributed by atoms with van der Waals surface area (Å²) in [6, 6.07) is 6.30. The lowest BCUT2D eigenvalue weighted by Crippen LogP contribution is -2.41. The SMILES string of the molecule is CC(C)(NC(=O)Cc1ccccc1F)c1nccs1. The van der Waals surface area contributed by atoms with E-state index in [4.69, 9.17) is 0 Å². The lowest BCUT2D eigenvalue weighted by atomic mass is 10.1. The Morgan fingerprint density at radius 1 is 1.42 bits per heavy atom. The van der Waals surface area contributed by atoms with Gasteiger partial charge in [-0.3, -0.25) is 4.79 Å². The molecule has 1 aromatic heterocycles. The Bertz CT molecular complexity index is 567. The monoisotopic (exact) mass is 278 g/mol. The molecule has 0 radical (unpaired) electrons. The molecule has 2 rings (SSSR count). The van der Waals surface area contributed by atoms with E-state index in [1.165, 1.54) is 17.4 Å². The minimum Gasteiger partial charge on any atom is -0.344 e. The molecule has 0 aliphatic carbocycles. The largest absolute Gasteiger partial charge is 0.344 e. The number of amides is 1. The summed E-state index contributed by atoms with van der Waals surface area (Å²) in [5.74, 6) is -0.574. The number of halogens is 1. The van der Waals surface area contributed by atoms with E-state index in [-0.39, 0.29) is 18.1 Å². The van der Waals surface area contributed by atoms with Crippen molar-refractivity contribution in [3.8, 4) is 0 Å². The van der Waals surface area contributed by atoms with E-state index in [0.29, 0.717) is 5.56 Å². The molecule has 3 nitrogen and oxygen atoms in total. The maximum atomic E-state index is 13.5. The average Bonchev–Trinajstić information content (AvgIpc) is 2.85. The summed E-state index contributed by atoms with van der Waals surface area (Å²) in [6.45, 7) is 3.76. The molecule has 0 aliphatic rings. The van der Waals surface area contributed by atoms with Crippen LogP contribution in [0.5, 0.6) is 0 Å². The number of carbonyl (C=O) groups is 1. The van der Waals surface area contributed by atoms with Crippen LogP contribution in [0.3, 0.4) is 0 Å². The molecule has 1 N–H and O–H groups in total. The van der Waals surface area contributed by atoms with Gasteiger partial charge in [0.2, 0.25) is 5.91 Å². The van der Waals surface area contributed by atoms with E-state index in [9.17, 15) is 9.18 Å². The minimum atomic E-state index is -0.545. The van der Waals surface area contributed by atoms with Gasteiger partial charge in [-0.05, 0) is 25.5 Å². The highest BCUT2D eigenvalue weighted by atomic mass is 32.1. The summed E-state index contributed by atoms with van der Waals surface area (Å²) in [7, 11) is 0. The lowest BCUT2D eigenvalue weighted by Gasteiger charge is -2.23. The molecule has 0 fully saturated rings. The van der Waals surface area contributed by atoms with Crippen LogP contribution >= 0.6 is 11.3 Å². The zero-order valence-corrected chi connectivity index (χ0v) is 11.6. The van der Waals surface area contributed by atoms with Crippen molar-refractivity contribution >= 4 is 17.2 Å². The first-order valence-corrected chi connectivity index (χ1v) is 6.81. The third kappa shape index (κ3) is 3.38. The van der Waals surface area contributed by atoms with Gasteiger partial charge in [-0.25, -0.2) is 9.37 Å². The second-order valence-corrected chi connectivity index (χ2v) is 5.67. The fourth-order valence-corrected chi connectivity index (χ4v) is 2.51. The molecule has 0 atom stereocenters. The van der Waals surface area contributed by atoms with Crippen molar-refractivity contribution in [2.45, 2.75) is 25.8 Å². The van der Waals surface area contributed by atoms with E-state index in [1.807, 2.05) is 19.2 Å². The average molecular weight is 278 g/mol. The van der Waals surface area contributed by atoms with E-state index in [0.717, 1.165) is 5.01 Å². The topological polar surface area (TPSA) is 42.0 Å². The van der Waals surface area contributed by atoms with E-state index < -0.39 is 5.54 Å². The number of hydrogen-bond acceptors (Lipinski definition) is 3. The number of hydrogen-bond donors (Lipinski definition) is 1. The third-order valence-electron chi connectivity index (χ3n) is 2.73. The summed E-state index contributed by atoms with van der Waals surface area (Å²) >= 11 is 1.48. The molecule has 1 aromatic carbocycles. The summed E-state index contributed by atoms with van der Waals surface area (Å²) in [4.78, 5) is 16.2. The van der Waals surface area contributed by atoms with Crippen LogP contribution < -0.4 is 5.32 Å². The molecule has 5 heteroatoms. The zero-order valence-electron chi connectivity index (χ0n) is 10.8. The first-order valence-electron chi connectivity index (χ1n) is 5.93. The number of benzene rings is 1. The van der Waals surface area contributed by atoms with Gasteiger partial charge in [0.15, 0.2) is 0 Å². The first-order chi connectivity index (χ1) is 8.99. The molecule has 2 aromatic rings. The van der Waals surface area contributed by atoms with Crippen LogP contribution in [0, 0.1) is 5.82 Å². The molecule has 0 saturated carbocycles. The second kappa shape index (κ2) is 5.48. The Morgan fingerprint density at radius 3 is 2.79 bits per heavy atom. The van der Waals surface area contributed by atoms with E-state index in [1.54, 1.807) is 24.4 Å². The van der Waals surface area contributed by atoms with Gasteiger partial charge in [-0.15, -0.1) is 11.3 Å². The van der Waals surface area contributed by atoms with E-state index in [2.05, 4.69) is 10.3 Å². The van der Waals surface area contributed by atoms with Gasteiger partial charge in [0.1, 0.15) is 10.8 Å². The highest BCUT2D eigenvalue weighted by molar-refractivity contribution is 7.09. The van der Waals surface area contributed by atoms with Gasteiger partial charge >= 0.3 is 0 Å². The quantitative estimate of drug-likeness (QED) is 0.934. The van der Waals surface area contributed by atoms with Crippen LogP contribution in [0.1, 0.15) is 24.4 Å². The maximum absolute atomic E-state index is 13.5. The standard InChI is InChI=1S/C14H15FN2OS/c1-14(2,13-16-7-8-19-13)17-12(18)9-10-5-3-4-6-11(10)15/h3-8H,9H2,1-2H3,(H,17,18). The molecular weight excluding hydrogens is 263 g/mol. The number of carbonyl (C=O) groups excluding carboxylic acids is 1. The van der Waals surface area contributed by atoms with Crippen LogP contribution in [-0.4, -0.2) is 10.9 Å². The molecule has 1 heterocycles. The van der Waals surface area contributed by atoms with Gasteiger partial charge in [0.05, 0.1) is 12.0 Å². The number of rotatable bonds is 4. The molecule has 1 amide bonds. The molecule has 0 bridgehead atoms. The number of nitrogens with one attached hydrogen (secondary N) is 1. The summed E-state index contributed by atoms with van der Waals surface area (Å²) in [5.41, 5.74) is -0.147. The molecule has 0 unspecified atom stereocenters. The summed E-state index contributed by atoms with van der Waals surface area (Å²) in [6.07, 6.45) is 1.73. The van der Waals surface area contributed by atoms with Crippen LogP contribution in [0.15, 0.2) is 35.8 Å². The normalized spacial score (nSPS) is 11.3. The fraction of sp³-hybridized carbons (Fsp3) is 0.286. The van der Waals surface area contributed by atoms with Crippen molar-refractivity contribution in [3.63, 3.8) is 0 Å². The lowest BCUT2D eigenvalue weighted by molar-refractivity contribution is -0.122. The third-order valence-corrected chi connectivity index (χ3v) is 3.82. The van der Waals surface area contributed by atoms with Crippen molar-refractivity contribution in [2.24, 2.45) is 0 Å². The summed E-state index contributed by atoms with van der Waals surface area (Å²) < 4.78 is 13.5. The molecule has 19 heavy (non-hydrogen) atoms. The maximum Gasteiger partial charge on any atom is 0.225 e. The number of nitrogens with zero attached hydrogens (tertiary/aromatic N) is 1. The Labute approximate surface area is 115 Å². The van der Waals surface area contributed by atoms with Crippen molar-refractivity contribution in [3.05, 3.63) is 52.2 Å². The Hall–Kier alpha value is -1.75. The summed E-state index contributed by atoms with van der Waals surface area (Å²) in [5, 5.41) is 5.57. The molecule has 0 spiro atoms. The molecule has 0 saturated heterocycles. The Kier molecular flexibility index (Phi) is 3.95. The predicted octanol–water partition coefficient (Wildman–Crippen LogP) is 2.88. The van der Waals surface area contributed by atoms with Crippen LogP contribution in [0.4, 0.5) is 4.39 Å². The highest BCUT2D eigenvalue weighted by Crippen LogP contribution is 2.22. The number of thiazole rings is 1. The molecule has 100 valence electrons. The smallest absolute Gasteiger partial charge is 0.225 e. The molecule has 0 aliphatic heterocycles. The fourth-order valence-electron chi connectivity index (χ4n) is 1.79.